The summed E-state index contributed by atoms with van der Waals surface area (Å²) in [6, 6.07) is 1.88. The Morgan fingerprint density at radius 1 is 1.45 bits per heavy atom. The van der Waals surface area contributed by atoms with E-state index in [2.05, 4.69) is 9.97 Å². The molecule has 3 rings (SSSR count). The molecule has 20 heavy (non-hydrogen) atoms. The van der Waals surface area contributed by atoms with E-state index >= 15 is 0 Å². The number of ether oxygens (including phenoxy) is 1. The highest BCUT2D eigenvalue weighted by Crippen LogP contribution is 2.40. The van der Waals surface area contributed by atoms with Gasteiger partial charge in [-0.2, -0.15) is 4.31 Å². The zero-order valence-corrected chi connectivity index (χ0v) is 12.5. The second-order valence-electron chi connectivity index (χ2n) is 5.60. The molecule has 6 nitrogen and oxygen atoms in total. The average molecular weight is 297 g/mol. The van der Waals surface area contributed by atoms with Gasteiger partial charge in [0.15, 0.2) is 0 Å². The van der Waals surface area contributed by atoms with Crippen LogP contribution in [0.15, 0.2) is 12.3 Å². The Balaban J connectivity index is 1.73. The molecule has 2 saturated heterocycles. The van der Waals surface area contributed by atoms with Gasteiger partial charge in [-0.25, -0.2) is 18.4 Å². The molecule has 1 aromatic rings. The number of piperidine rings is 1. The lowest BCUT2D eigenvalue weighted by molar-refractivity contribution is 0.00866. The third kappa shape index (κ3) is 2.70. The molecule has 0 spiro atoms. The molecule has 0 bridgehead atoms. The number of hydrogen-bond donors (Lipinski definition) is 0. The molecular formula is C13H19N3O3S. The summed E-state index contributed by atoms with van der Waals surface area (Å²) in [4.78, 5) is 8.50. The zero-order valence-electron chi connectivity index (χ0n) is 11.7. The topological polar surface area (TPSA) is 72.4 Å². The van der Waals surface area contributed by atoms with Gasteiger partial charge < -0.3 is 4.74 Å². The highest BCUT2D eigenvalue weighted by atomic mass is 32.2. The van der Waals surface area contributed by atoms with Crippen molar-refractivity contribution < 1.29 is 13.2 Å². The minimum atomic E-state index is -3.13. The predicted molar refractivity (Wildman–Crippen MR) is 73.5 cm³/mol. The molecule has 0 N–H and O–H groups in total. The van der Waals surface area contributed by atoms with Gasteiger partial charge in [-0.05, 0) is 31.7 Å². The van der Waals surface area contributed by atoms with Crippen LogP contribution in [0.1, 0.15) is 30.5 Å². The van der Waals surface area contributed by atoms with Crippen molar-refractivity contribution in [1.29, 1.82) is 0 Å². The van der Waals surface area contributed by atoms with Crippen LogP contribution in [-0.2, 0) is 14.8 Å². The lowest BCUT2D eigenvalue weighted by Crippen LogP contribution is -2.44. The minimum absolute atomic E-state index is 0.0150. The largest absolute Gasteiger partial charge is 0.367 e. The molecule has 1 aromatic heterocycles. The van der Waals surface area contributed by atoms with Crippen molar-refractivity contribution in [3.05, 3.63) is 23.8 Å². The van der Waals surface area contributed by atoms with Gasteiger partial charge in [0.2, 0.25) is 10.0 Å². The third-order valence-corrected chi connectivity index (χ3v) is 5.38. The van der Waals surface area contributed by atoms with Crippen molar-refractivity contribution in [2.45, 2.75) is 32.0 Å². The quantitative estimate of drug-likeness (QED) is 0.811. The summed E-state index contributed by atoms with van der Waals surface area (Å²) >= 11 is 0. The summed E-state index contributed by atoms with van der Waals surface area (Å²) in [7, 11) is -3.13. The van der Waals surface area contributed by atoms with Crippen molar-refractivity contribution in [2.24, 2.45) is 5.92 Å². The van der Waals surface area contributed by atoms with Crippen LogP contribution < -0.4 is 0 Å². The van der Waals surface area contributed by atoms with E-state index in [-0.39, 0.29) is 12.2 Å². The van der Waals surface area contributed by atoms with Crippen LogP contribution >= 0.6 is 0 Å². The summed E-state index contributed by atoms with van der Waals surface area (Å²) in [5, 5.41) is 0. The second-order valence-corrected chi connectivity index (χ2v) is 7.58. The highest BCUT2D eigenvalue weighted by molar-refractivity contribution is 7.88. The maximum absolute atomic E-state index is 11.6. The molecule has 0 amide bonds. The summed E-state index contributed by atoms with van der Waals surface area (Å²) < 4.78 is 30.8. The van der Waals surface area contributed by atoms with Gasteiger partial charge in [0.05, 0.1) is 18.1 Å². The van der Waals surface area contributed by atoms with Gasteiger partial charge in [0.25, 0.3) is 0 Å². The first-order chi connectivity index (χ1) is 9.43. The molecule has 0 saturated carbocycles. The molecule has 0 unspecified atom stereocenters. The van der Waals surface area contributed by atoms with Crippen molar-refractivity contribution in [2.75, 3.05) is 19.3 Å². The number of fused-ring (bicyclic) bond motifs is 1. The summed E-state index contributed by atoms with van der Waals surface area (Å²) in [5.41, 5.74) is 0.901. The van der Waals surface area contributed by atoms with Crippen molar-refractivity contribution in [3.63, 3.8) is 0 Å². The van der Waals surface area contributed by atoms with Crippen molar-refractivity contribution in [3.8, 4) is 0 Å². The fourth-order valence-electron chi connectivity index (χ4n) is 3.05. The molecule has 0 aliphatic carbocycles. The third-order valence-electron chi connectivity index (χ3n) is 4.11. The Kier molecular flexibility index (Phi) is 3.51. The number of rotatable bonds is 2. The fourth-order valence-corrected chi connectivity index (χ4v) is 3.90. The molecule has 0 aromatic carbocycles. The van der Waals surface area contributed by atoms with Crippen LogP contribution in [-0.4, -0.2) is 48.1 Å². The smallest absolute Gasteiger partial charge is 0.211 e. The van der Waals surface area contributed by atoms with Gasteiger partial charge >= 0.3 is 0 Å². The van der Waals surface area contributed by atoms with E-state index in [0.717, 1.165) is 24.4 Å². The zero-order chi connectivity index (χ0) is 14.3. The van der Waals surface area contributed by atoms with Crippen molar-refractivity contribution >= 4 is 10.0 Å². The number of sulfonamides is 1. The maximum Gasteiger partial charge on any atom is 0.211 e. The van der Waals surface area contributed by atoms with Crippen molar-refractivity contribution in [1.82, 2.24) is 14.3 Å². The molecule has 3 heterocycles. The molecule has 0 radical (unpaired) electrons. The standard InChI is InChI=1S/C13H19N3O3S/c1-9-14-5-3-11(15-9)12-7-10-4-6-16(20(2,17)18)8-13(10)19-12/h3,5,10,12-13H,4,6-8H2,1-2H3/t10-,12-,13+/m0/s1. The monoisotopic (exact) mass is 297 g/mol. The minimum Gasteiger partial charge on any atom is -0.367 e. The first-order valence-electron chi connectivity index (χ1n) is 6.83. The van der Waals surface area contributed by atoms with Gasteiger partial charge in [-0.3, -0.25) is 0 Å². The number of hydrogen-bond acceptors (Lipinski definition) is 5. The van der Waals surface area contributed by atoms with Crippen LogP contribution in [0.25, 0.3) is 0 Å². The first kappa shape index (κ1) is 13.9. The summed E-state index contributed by atoms with van der Waals surface area (Å²) in [6.45, 7) is 2.92. The Labute approximate surface area is 119 Å². The molecular weight excluding hydrogens is 278 g/mol. The van der Waals surface area contributed by atoms with E-state index in [1.807, 2.05) is 13.0 Å². The van der Waals surface area contributed by atoms with Crippen LogP contribution in [0.5, 0.6) is 0 Å². The van der Waals surface area contributed by atoms with E-state index < -0.39 is 10.0 Å². The molecule has 2 aliphatic heterocycles. The van der Waals surface area contributed by atoms with E-state index in [4.69, 9.17) is 4.74 Å². The highest BCUT2D eigenvalue weighted by Gasteiger charge is 2.41. The first-order valence-corrected chi connectivity index (χ1v) is 8.68. The molecule has 7 heteroatoms. The second kappa shape index (κ2) is 5.05. The van der Waals surface area contributed by atoms with E-state index in [0.29, 0.717) is 19.0 Å². The van der Waals surface area contributed by atoms with Crippen LogP contribution in [0.3, 0.4) is 0 Å². The number of aryl methyl sites for hydroxylation is 1. The van der Waals surface area contributed by atoms with Crippen LogP contribution in [0.2, 0.25) is 0 Å². The molecule has 2 fully saturated rings. The SMILES string of the molecule is Cc1nccc([C@@H]2C[C@@H]3CCN(S(C)(=O)=O)C[C@H]3O2)n1. The van der Waals surface area contributed by atoms with Gasteiger partial charge in [-0.1, -0.05) is 0 Å². The molecule has 110 valence electrons. The Bertz CT molecular complexity index is 605. The maximum atomic E-state index is 11.6. The average Bonchev–Trinajstić information content (AvgIpc) is 2.80. The van der Waals surface area contributed by atoms with Gasteiger partial charge in [0, 0.05) is 19.3 Å². The molecule has 2 aliphatic rings. The molecule has 3 atom stereocenters. The lowest BCUT2D eigenvalue weighted by Gasteiger charge is -2.32. The van der Waals surface area contributed by atoms with Crippen LogP contribution in [0, 0.1) is 12.8 Å². The van der Waals surface area contributed by atoms with E-state index in [9.17, 15) is 8.42 Å². The lowest BCUT2D eigenvalue weighted by atomic mass is 9.92. The number of aromatic nitrogens is 2. The number of nitrogens with zero attached hydrogens (tertiary/aromatic N) is 3. The van der Waals surface area contributed by atoms with Gasteiger partial charge in [-0.15, -0.1) is 0 Å². The Morgan fingerprint density at radius 2 is 2.25 bits per heavy atom. The van der Waals surface area contributed by atoms with Gasteiger partial charge in [0.1, 0.15) is 11.9 Å². The Hall–Kier alpha value is -1.05. The summed E-state index contributed by atoms with van der Waals surface area (Å²) in [6.07, 6.45) is 4.72. The predicted octanol–water partition coefficient (Wildman–Crippen LogP) is 0.897. The van der Waals surface area contributed by atoms with Crippen LogP contribution in [0.4, 0.5) is 0 Å². The summed E-state index contributed by atoms with van der Waals surface area (Å²) in [5.74, 6) is 1.16. The van der Waals surface area contributed by atoms with E-state index in [1.165, 1.54) is 10.6 Å². The normalized spacial score (nSPS) is 31.2. The fraction of sp³-hybridized carbons (Fsp3) is 0.692. The Morgan fingerprint density at radius 3 is 2.95 bits per heavy atom. The van der Waals surface area contributed by atoms with E-state index in [1.54, 1.807) is 6.20 Å².